The number of nitrogen functional groups attached to an aromatic ring is 1. The highest BCUT2D eigenvalue weighted by atomic mass is 35.5. The summed E-state index contributed by atoms with van der Waals surface area (Å²) in [5.74, 6) is 0.444. The molecule has 0 unspecified atom stereocenters. The monoisotopic (exact) mass is 322 g/mol. The van der Waals surface area contributed by atoms with E-state index in [2.05, 4.69) is 6.92 Å². The summed E-state index contributed by atoms with van der Waals surface area (Å²) in [6.45, 7) is 2.08. The maximum absolute atomic E-state index is 12.0. The number of nitrogens with zero attached hydrogens (tertiary/aromatic N) is 1. The highest BCUT2D eigenvalue weighted by Crippen LogP contribution is 2.08. The van der Waals surface area contributed by atoms with Gasteiger partial charge in [0.2, 0.25) is 0 Å². The molecule has 21 heavy (non-hydrogen) atoms. The fourth-order valence-electron chi connectivity index (χ4n) is 1.78. The van der Waals surface area contributed by atoms with E-state index < -0.39 is 0 Å². The van der Waals surface area contributed by atoms with Gasteiger partial charge >= 0.3 is 0 Å². The van der Waals surface area contributed by atoms with E-state index in [4.69, 9.17) is 17.3 Å². The van der Waals surface area contributed by atoms with Crippen molar-refractivity contribution in [2.75, 3.05) is 5.73 Å². The van der Waals surface area contributed by atoms with Gasteiger partial charge in [-0.15, -0.1) is 0 Å². The molecule has 0 bridgehead atoms. The van der Waals surface area contributed by atoms with E-state index in [1.54, 1.807) is 29.1 Å². The van der Waals surface area contributed by atoms with Gasteiger partial charge in [-0.1, -0.05) is 42.8 Å². The highest BCUT2D eigenvalue weighted by molar-refractivity contribution is 6.30. The van der Waals surface area contributed by atoms with Gasteiger partial charge in [-0.3, -0.25) is 10.5 Å². The maximum atomic E-state index is 12.0. The Balaban J connectivity index is 0.00000220. The second-order valence-electron chi connectivity index (χ2n) is 4.41. The van der Waals surface area contributed by atoms with Crippen molar-refractivity contribution in [3.05, 3.63) is 64.8 Å². The Labute approximate surface area is 135 Å². The van der Waals surface area contributed by atoms with Crippen LogP contribution < -0.4 is 22.7 Å². The molecule has 0 amide bonds. The zero-order valence-electron chi connectivity index (χ0n) is 11.6. The third kappa shape index (κ3) is 4.59. The van der Waals surface area contributed by atoms with Gasteiger partial charge in [-0.2, -0.15) is 0 Å². The number of rotatable bonds is 4. The molecule has 110 valence electrons. The molecule has 0 saturated carbocycles. The molecule has 0 fully saturated rings. The molecule has 3 nitrogen and oxygen atoms in total. The van der Waals surface area contributed by atoms with Gasteiger partial charge in [0.1, 0.15) is 6.20 Å². The first-order valence-electron chi connectivity index (χ1n) is 6.38. The summed E-state index contributed by atoms with van der Waals surface area (Å²) in [5, 5.41) is 0.559. The smallest absolute Gasteiger partial charge is 0.277 e. The number of ketones is 1. The molecule has 1 aromatic carbocycles. The third-order valence-corrected chi connectivity index (χ3v) is 3.23. The average molecular weight is 323 g/mol. The minimum atomic E-state index is -0.0699. The minimum absolute atomic E-state index is 0. The molecule has 5 heteroatoms. The number of aryl methyl sites for hydroxylation is 1. The van der Waals surface area contributed by atoms with Crippen molar-refractivity contribution >= 4 is 29.4 Å². The number of halogens is 2. The number of carbonyl (C=O) groups excluding carboxylic acids is 1. The minimum Gasteiger partial charge on any atom is -1.00 e. The molecular formula is C16H16Cl2N2O. The molecule has 0 radical (unpaired) electrons. The van der Waals surface area contributed by atoms with Crippen LogP contribution in [-0.2, 0) is 6.42 Å². The third-order valence-electron chi connectivity index (χ3n) is 3.01. The molecule has 2 N–H and O–H groups in total. The first-order chi connectivity index (χ1) is 9.60. The summed E-state index contributed by atoms with van der Waals surface area (Å²) in [4.78, 5) is 12.0. The molecule has 2 aromatic rings. The summed E-state index contributed by atoms with van der Waals surface area (Å²) in [5.41, 5.74) is 7.65. The normalized spacial score (nSPS) is 10.4. The predicted molar refractivity (Wildman–Crippen MR) is 81.5 cm³/mol. The Kier molecular flexibility index (Phi) is 6.40. The van der Waals surface area contributed by atoms with E-state index in [0.717, 1.165) is 6.42 Å². The summed E-state index contributed by atoms with van der Waals surface area (Å²) in [6.07, 6.45) is 5.70. The number of nitrogens with two attached hydrogens (primary N) is 1. The number of carbonyl (C=O) groups is 1. The zero-order valence-corrected chi connectivity index (χ0v) is 13.1. The second-order valence-corrected chi connectivity index (χ2v) is 4.85. The van der Waals surface area contributed by atoms with Crippen LogP contribution in [0.25, 0.3) is 6.20 Å². The lowest BCUT2D eigenvalue weighted by Gasteiger charge is -1.99. The van der Waals surface area contributed by atoms with Crippen LogP contribution in [0, 0.1) is 0 Å². The van der Waals surface area contributed by atoms with Crippen LogP contribution in [0.1, 0.15) is 22.8 Å². The van der Waals surface area contributed by atoms with Crippen molar-refractivity contribution in [1.29, 1.82) is 0 Å². The Bertz CT molecular complexity index is 652. The Morgan fingerprint density at radius 2 is 1.90 bits per heavy atom. The second kappa shape index (κ2) is 7.81. The van der Waals surface area contributed by atoms with Gasteiger partial charge in [0, 0.05) is 17.7 Å². The summed E-state index contributed by atoms with van der Waals surface area (Å²) in [6, 6.07) is 11.0. The van der Waals surface area contributed by atoms with Crippen molar-refractivity contribution < 1.29 is 21.8 Å². The molecule has 0 aliphatic rings. The largest absolute Gasteiger partial charge is 1.00 e. The van der Waals surface area contributed by atoms with Crippen LogP contribution in [0.4, 0.5) is 5.82 Å². The van der Waals surface area contributed by atoms with E-state index in [-0.39, 0.29) is 18.2 Å². The van der Waals surface area contributed by atoms with Crippen molar-refractivity contribution in [2.45, 2.75) is 13.3 Å². The van der Waals surface area contributed by atoms with E-state index in [1.165, 1.54) is 11.6 Å². The number of aromatic nitrogens is 1. The molecule has 1 heterocycles. The molecule has 0 atom stereocenters. The number of hydrogen-bond acceptors (Lipinski definition) is 2. The maximum Gasteiger partial charge on any atom is 0.277 e. The summed E-state index contributed by atoms with van der Waals surface area (Å²) < 4.78 is 1.61. The van der Waals surface area contributed by atoms with Crippen molar-refractivity contribution in [3.8, 4) is 0 Å². The molecular weight excluding hydrogens is 307 g/mol. The topological polar surface area (TPSA) is 47.0 Å². The highest BCUT2D eigenvalue weighted by Gasteiger charge is 2.05. The van der Waals surface area contributed by atoms with Crippen LogP contribution in [0.5, 0.6) is 0 Å². The lowest BCUT2D eigenvalue weighted by atomic mass is 10.1. The van der Waals surface area contributed by atoms with E-state index in [1.807, 2.05) is 24.3 Å². The number of allylic oxidation sites excluding steroid dienone is 1. The van der Waals surface area contributed by atoms with Crippen LogP contribution in [-0.4, -0.2) is 5.78 Å². The first-order valence-corrected chi connectivity index (χ1v) is 6.75. The van der Waals surface area contributed by atoms with Gasteiger partial charge in [0.25, 0.3) is 5.82 Å². The van der Waals surface area contributed by atoms with E-state index in [0.29, 0.717) is 16.4 Å². The van der Waals surface area contributed by atoms with Gasteiger partial charge in [0.05, 0.1) is 11.2 Å². The molecule has 0 aliphatic heterocycles. The molecule has 1 aromatic heterocycles. The van der Waals surface area contributed by atoms with Crippen molar-refractivity contribution in [1.82, 2.24) is 0 Å². The number of anilines is 1. The fourth-order valence-corrected chi connectivity index (χ4v) is 1.95. The van der Waals surface area contributed by atoms with Gasteiger partial charge < -0.3 is 12.4 Å². The van der Waals surface area contributed by atoms with Crippen molar-refractivity contribution in [2.24, 2.45) is 0 Å². The molecule has 2 rings (SSSR count). The first kappa shape index (κ1) is 17.2. The SMILES string of the molecule is CCc1ccc(C(=O)C=C[n+]2cc(Cl)ccc2N)cc1.[Cl-]. The van der Waals surface area contributed by atoms with Crippen LogP contribution in [0.3, 0.4) is 0 Å². The van der Waals surface area contributed by atoms with Gasteiger partial charge in [-0.05, 0) is 18.1 Å². The lowest BCUT2D eigenvalue weighted by Crippen LogP contribution is -3.00. The molecule has 0 saturated heterocycles. The Morgan fingerprint density at radius 3 is 2.52 bits per heavy atom. The number of hydrogen-bond donors (Lipinski definition) is 1. The Morgan fingerprint density at radius 1 is 1.24 bits per heavy atom. The summed E-state index contributed by atoms with van der Waals surface area (Å²) >= 11 is 5.89. The summed E-state index contributed by atoms with van der Waals surface area (Å²) in [7, 11) is 0. The predicted octanol–water partition coefficient (Wildman–Crippen LogP) is 0.130. The van der Waals surface area contributed by atoms with Crippen LogP contribution in [0.2, 0.25) is 5.02 Å². The average Bonchev–Trinajstić information content (AvgIpc) is 2.48. The lowest BCUT2D eigenvalue weighted by molar-refractivity contribution is -0.552. The van der Waals surface area contributed by atoms with E-state index in [9.17, 15) is 4.79 Å². The molecule has 0 aliphatic carbocycles. The van der Waals surface area contributed by atoms with Gasteiger partial charge in [0.15, 0.2) is 5.78 Å². The quantitative estimate of drug-likeness (QED) is 0.494. The fraction of sp³-hybridized carbons (Fsp3) is 0.125. The van der Waals surface area contributed by atoms with Crippen LogP contribution in [0.15, 0.2) is 48.7 Å². The molecule has 0 spiro atoms. The van der Waals surface area contributed by atoms with Crippen LogP contribution >= 0.6 is 11.6 Å². The number of pyridine rings is 1. The zero-order chi connectivity index (χ0) is 14.5. The number of benzene rings is 1. The standard InChI is InChI=1S/C16H15ClN2O.ClH/c1-2-12-3-5-13(6-4-12)15(20)9-10-19-11-14(17)7-8-16(19)18;/h3-11,18H,2H2,1H3;1H. The Hall–Kier alpha value is -1.84. The van der Waals surface area contributed by atoms with Crippen molar-refractivity contribution in [3.63, 3.8) is 0 Å². The van der Waals surface area contributed by atoms with Gasteiger partial charge in [-0.25, -0.2) is 4.57 Å². The van der Waals surface area contributed by atoms with E-state index >= 15 is 0 Å².